The summed E-state index contributed by atoms with van der Waals surface area (Å²) >= 11 is 0. The van der Waals surface area contributed by atoms with Gasteiger partial charge in [0, 0.05) is 14.2 Å². The zero-order chi connectivity index (χ0) is 14.1. The highest BCUT2D eigenvalue weighted by atomic mass is 16.7. The van der Waals surface area contributed by atoms with Crippen molar-refractivity contribution in [3.05, 3.63) is 23.8 Å². The van der Waals surface area contributed by atoms with Gasteiger partial charge in [-0.05, 0) is 23.1 Å². The van der Waals surface area contributed by atoms with E-state index in [9.17, 15) is 0 Å². The number of ether oxygens (including phenoxy) is 4. The Kier molecular flexibility index (Phi) is 3.74. The van der Waals surface area contributed by atoms with Crippen molar-refractivity contribution in [1.82, 2.24) is 0 Å². The average molecular weight is 266 g/mol. The molecule has 0 saturated carbocycles. The van der Waals surface area contributed by atoms with E-state index in [4.69, 9.17) is 18.9 Å². The maximum Gasteiger partial charge on any atom is 0.237 e. The molecule has 0 atom stereocenters. The largest absolute Gasteiger partial charge is 0.484 e. The smallest absolute Gasteiger partial charge is 0.237 e. The van der Waals surface area contributed by atoms with Gasteiger partial charge in [-0.3, -0.25) is 0 Å². The summed E-state index contributed by atoms with van der Waals surface area (Å²) in [4.78, 5) is 0. The molecule has 0 aliphatic carbocycles. The minimum absolute atomic E-state index is 0.0737. The van der Waals surface area contributed by atoms with Gasteiger partial charge in [0.05, 0.1) is 0 Å². The van der Waals surface area contributed by atoms with Gasteiger partial charge in [-0.2, -0.15) is 0 Å². The summed E-state index contributed by atoms with van der Waals surface area (Å²) in [5.41, 5.74) is 1.28. The molecule has 106 valence electrons. The Bertz CT molecular complexity index is 444. The van der Waals surface area contributed by atoms with Crippen molar-refractivity contribution in [2.45, 2.75) is 32.0 Å². The lowest BCUT2D eigenvalue weighted by Crippen LogP contribution is -2.44. The molecule has 2 rings (SSSR count). The van der Waals surface area contributed by atoms with Gasteiger partial charge in [0.1, 0.15) is 13.2 Å². The zero-order valence-corrected chi connectivity index (χ0v) is 12.3. The molecular formula is C15H22O4. The lowest BCUT2D eigenvalue weighted by Gasteiger charge is -2.27. The van der Waals surface area contributed by atoms with Crippen LogP contribution in [0.3, 0.4) is 0 Å². The minimum atomic E-state index is -0.846. The Morgan fingerprint density at radius 3 is 2.11 bits per heavy atom. The van der Waals surface area contributed by atoms with Crippen molar-refractivity contribution in [3.63, 3.8) is 0 Å². The van der Waals surface area contributed by atoms with E-state index >= 15 is 0 Å². The number of rotatable bonds is 2. The fourth-order valence-electron chi connectivity index (χ4n) is 1.94. The van der Waals surface area contributed by atoms with Crippen LogP contribution in [0.25, 0.3) is 0 Å². The molecule has 0 spiro atoms. The fraction of sp³-hybridized carbons (Fsp3) is 0.600. The summed E-state index contributed by atoms with van der Waals surface area (Å²) in [6.45, 7) is 7.12. The summed E-state index contributed by atoms with van der Waals surface area (Å²) in [5, 5.41) is 0. The van der Waals surface area contributed by atoms with Crippen LogP contribution in [-0.4, -0.2) is 33.2 Å². The van der Waals surface area contributed by atoms with E-state index in [-0.39, 0.29) is 5.41 Å². The van der Waals surface area contributed by atoms with Crippen LogP contribution in [0, 0.1) is 0 Å². The standard InChI is InChI=1S/C15H22O4/c1-14(2,3)11-6-7-12-13(8-11)19-10-15(16-4,17-5)9-18-12/h6-8H,9-10H2,1-5H3. The van der Waals surface area contributed by atoms with Gasteiger partial charge in [-0.15, -0.1) is 0 Å². The van der Waals surface area contributed by atoms with Crippen LogP contribution in [0.2, 0.25) is 0 Å². The van der Waals surface area contributed by atoms with Gasteiger partial charge in [0.15, 0.2) is 11.5 Å². The Labute approximate surface area is 114 Å². The second-order valence-corrected chi connectivity index (χ2v) is 5.81. The minimum Gasteiger partial charge on any atom is -0.484 e. The SMILES string of the molecule is COC1(OC)COc2ccc(C(C)(C)C)cc2OC1. The molecule has 1 aliphatic rings. The predicted molar refractivity (Wildman–Crippen MR) is 72.9 cm³/mol. The van der Waals surface area contributed by atoms with E-state index in [1.54, 1.807) is 14.2 Å². The molecule has 0 aromatic heterocycles. The van der Waals surface area contributed by atoms with Crippen molar-refractivity contribution in [2.75, 3.05) is 27.4 Å². The first-order chi connectivity index (χ1) is 8.90. The highest BCUT2D eigenvalue weighted by molar-refractivity contribution is 5.45. The molecule has 19 heavy (non-hydrogen) atoms. The molecule has 0 bridgehead atoms. The molecular weight excluding hydrogens is 244 g/mol. The lowest BCUT2D eigenvalue weighted by atomic mass is 9.87. The summed E-state index contributed by atoms with van der Waals surface area (Å²) in [6.07, 6.45) is 0. The van der Waals surface area contributed by atoms with Crippen LogP contribution < -0.4 is 9.47 Å². The maximum absolute atomic E-state index is 5.81. The maximum atomic E-state index is 5.81. The first-order valence-electron chi connectivity index (χ1n) is 6.41. The number of benzene rings is 1. The first kappa shape index (κ1) is 14.2. The molecule has 4 nitrogen and oxygen atoms in total. The Morgan fingerprint density at radius 1 is 1.00 bits per heavy atom. The molecule has 0 N–H and O–H groups in total. The number of hydrogen-bond acceptors (Lipinski definition) is 4. The predicted octanol–water partition coefficient (Wildman–Crippen LogP) is 2.74. The van der Waals surface area contributed by atoms with E-state index in [2.05, 4.69) is 26.8 Å². The number of fused-ring (bicyclic) bond motifs is 1. The number of methoxy groups -OCH3 is 2. The average Bonchev–Trinajstić information content (AvgIpc) is 2.57. The number of hydrogen-bond donors (Lipinski definition) is 0. The fourth-order valence-corrected chi connectivity index (χ4v) is 1.94. The van der Waals surface area contributed by atoms with E-state index in [1.807, 2.05) is 12.1 Å². The van der Waals surface area contributed by atoms with Crippen molar-refractivity contribution < 1.29 is 18.9 Å². The van der Waals surface area contributed by atoms with Gasteiger partial charge in [0.25, 0.3) is 0 Å². The molecule has 1 aromatic carbocycles. The van der Waals surface area contributed by atoms with Gasteiger partial charge < -0.3 is 18.9 Å². The van der Waals surface area contributed by atoms with Crippen molar-refractivity contribution in [2.24, 2.45) is 0 Å². The van der Waals surface area contributed by atoms with Crippen molar-refractivity contribution in [3.8, 4) is 11.5 Å². The Balaban J connectivity index is 2.28. The van der Waals surface area contributed by atoms with Gasteiger partial charge in [-0.25, -0.2) is 0 Å². The third kappa shape index (κ3) is 2.85. The van der Waals surface area contributed by atoms with E-state index in [0.717, 1.165) is 11.5 Å². The second kappa shape index (κ2) is 5.02. The highest BCUT2D eigenvalue weighted by Gasteiger charge is 2.35. The zero-order valence-electron chi connectivity index (χ0n) is 12.3. The summed E-state index contributed by atoms with van der Waals surface area (Å²) in [6, 6.07) is 6.03. The lowest BCUT2D eigenvalue weighted by molar-refractivity contribution is -0.232. The highest BCUT2D eigenvalue weighted by Crippen LogP contribution is 2.36. The molecule has 0 saturated heterocycles. The topological polar surface area (TPSA) is 36.9 Å². The third-order valence-electron chi connectivity index (χ3n) is 3.45. The third-order valence-corrected chi connectivity index (χ3v) is 3.45. The summed E-state index contributed by atoms with van der Waals surface area (Å²) in [5.74, 6) is 0.619. The van der Waals surface area contributed by atoms with Crippen LogP contribution >= 0.6 is 0 Å². The Hall–Kier alpha value is -1.26. The van der Waals surface area contributed by atoms with Crippen LogP contribution in [0.5, 0.6) is 11.5 Å². The second-order valence-electron chi connectivity index (χ2n) is 5.81. The summed E-state index contributed by atoms with van der Waals surface area (Å²) < 4.78 is 22.3. The molecule has 0 radical (unpaired) electrons. The molecule has 0 amide bonds. The van der Waals surface area contributed by atoms with Crippen LogP contribution in [0.15, 0.2) is 18.2 Å². The van der Waals surface area contributed by atoms with Crippen molar-refractivity contribution >= 4 is 0 Å². The first-order valence-corrected chi connectivity index (χ1v) is 6.41. The molecule has 1 aliphatic heterocycles. The quantitative estimate of drug-likeness (QED) is 0.771. The van der Waals surface area contributed by atoms with Crippen LogP contribution in [0.4, 0.5) is 0 Å². The van der Waals surface area contributed by atoms with Gasteiger partial charge >= 0.3 is 0 Å². The molecule has 1 heterocycles. The van der Waals surface area contributed by atoms with Crippen molar-refractivity contribution in [1.29, 1.82) is 0 Å². The van der Waals surface area contributed by atoms with E-state index in [0.29, 0.717) is 13.2 Å². The Morgan fingerprint density at radius 2 is 1.58 bits per heavy atom. The van der Waals surface area contributed by atoms with E-state index in [1.165, 1.54) is 5.56 Å². The van der Waals surface area contributed by atoms with Gasteiger partial charge in [0.2, 0.25) is 5.79 Å². The molecule has 1 aromatic rings. The molecule has 4 heteroatoms. The van der Waals surface area contributed by atoms with Gasteiger partial charge in [-0.1, -0.05) is 26.8 Å². The normalized spacial score (nSPS) is 17.9. The summed E-state index contributed by atoms with van der Waals surface area (Å²) in [7, 11) is 3.18. The molecule has 0 unspecified atom stereocenters. The van der Waals surface area contributed by atoms with E-state index < -0.39 is 5.79 Å². The van der Waals surface area contributed by atoms with Crippen LogP contribution in [0.1, 0.15) is 26.3 Å². The monoisotopic (exact) mass is 266 g/mol. The van der Waals surface area contributed by atoms with Crippen LogP contribution in [-0.2, 0) is 14.9 Å². The molecule has 0 fully saturated rings.